The minimum absolute atomic E-state index is 0. The van der Waals surface area contributed by atoms with E-state index in [-0.39, 0.29) is 28.5 Å². The van der Waals surface area contributed by atoms with E-state index in [1.807, 2.05) is 6.20 Å². The molecule has 0 saturated carbocycles. The van der Waals surface area contributed by atoms with Crippen LogP contribution >= 0.6 is 24.8 Å². The Morgan fingerprint density at radius 2 is 1.73 bits per heavy atom. The van der Waals surface area contributed by atoms with E-state index < -0.39 is 16.1 Å². The van der Waals surface area contributed by atoms with E-state index in [0.29, 0.717) is 4.22 Å². The summed E-state index contributed by atoms with van der Waals surface area (Å²) in [5.74, 6) is 0. The van der Waals surface area contributed by atoms with Crippen molar-refractivity contribution in [3.05, 3.63) is 59.8 Å². The van der Waals surface area contributed by atoms with Crippen LogP contribution in [-0.4, -0.2) is 9.80 Å². The van der Waals surface area contributed by atoms with Crippen LogP contribution in [-0.2, 0) is 16.1 Å². The fourth-order valence-corrected chi connectivity index (χ4v) is 9.62. The van der Waals surface area contributed by atoms with Crippen LogP contribution in [0.2, 0.25) is 3.72 Å². The van der Waals surface area contributed by atoms with Gasteiger partial charge in [0.25, 0.3) is 0 Å². The summed E-state index contributed by atoms with van der Waals surface area (Å²) in [6.45, 7) is 7.07. The average molecular weight is 373 g/mol. The number of halogens is 2. The Hall–Kier alpha value is -0.596. The molecule has 1 aromatic carbocycles. The van der Waals surface area contributed by atoms with Crippen molar-refractivity contribution in [2.45, 2.75) is 28.7 Å². The second kappa shape index (κ2) is 6.89. The molecule has 0 radical (unpaired) electrons. The van der Waals surface area contributed by atoms with Gasteiger partial charge in [-0.3, -0.25) is 0 Å². The molecule has 3 rings (SSSR count). The number of benzene rings is 1. The van der Waals surface area contributed by atoms with Gasteiger partial charge in [-0.1, -0.05) is 0 Å². The molecule has 4 heteroatoms. The molecule has 1 heterocycles. The van der Waals surface area contributed by atoms with Gasteiger partial charge >= 0.3 is 125 Å². The number of hydrogen-bond donors (Lipinski definition) is 1. The Balaban J connectivity index is 0.00000121. The van der Waals surface area contributed by atoms with Gasteiger partial charge in [0.15, 0.2) is 0 Å². The summed E-state index contributed by atoms with van der Waals surface area (Å²) in [4.78, 5) is 8.35. The van der Waals surface area contributed by atoms with E-state index in [1.165, 1.54) is 15.1 Å². The number of allylic oxidation sites excluding steroid dienone is 1. The third-order valence-electron chi connectivity index (χ3n) is 4.75. The Labute approximate surface area is 148 Å². The van der Waals surface area contributed by atoms with Crippen molar-refractivity contribution in [3.8, 4) is 0 Å². The summed E-state index contributed by atoms with van der Waals surface area (Å²) in [6.07, 6.45) is 6.71. The third-order valence-corrected chi connectivity index (χ3v) is 13.4. The van der Waals surface area contributed by atoms with Crippen LogP contribution in [0.25, 0.3) is 6.08 Å². The predicted molar refractivity (Wildman–Crippen MR) is 100.0 cm³/mol. The van der Waals surface area contributed by atoms with Gasteiger partial charge in [0.1, 0.15) is 0 Å². The zero-order valence-electron chi connectivity index (χ0n) is 13.3. The van der Waals surface area contributed by atoms with Crippen LogP contribution in [0.3, 0.4) is 0 Å². The van der Waals surface area contributed by atoms with Crippen molar-refractivity contribution in [2.24, 2.45) is 0 Å². The van der Waals surface area contributed by atoms with E-state index in [2.05, 4.69) is 74.3 Å². The number of aromatic amines is 1. The molecule has 1 aliphatic rings. The molecular weight excluding hydrogens is 349 g/mol. The zero-order valence-corrected chi connectivity index (χ0v) is 16.5. The SMILES string of the molecule is Cl.Cl.[CH2]=[Ti]([c]1ccc[nH]1)([CH]1C=Cc2ccccc21)[C](C)(C)C. The van der Waals surface area contributed by atoms with E-state index >= 15 is 0 Å². The van der Waals surface area contributed by atoms with Crippen LogP contribution in [0.5, 0.6) is 0 Å². The maximum absolute atomic E-state index is 4.87. The van der Waals surface area contributed by atoms with E-state index in [9.17, 15) is 0 Å². The molecule has 0 saturated heterocycles. The first-order valence-electron chi connectivity index (χ1n) is 7.21. The molecule has 2 atom stereocenters. The second-order valence-corrected chi connectivity index (χ2v) is 14.0. The van der Waals surface area contributed by atoms with Crippen molar-refractivity contribution >= 4 is 39.7 Å². The Bertz CT molecular complexity index is 696. The van der Waals surface area contributed by atoms with E-state index in [1.54, 1.807) is 0 Å². The van der Waals surface area contributed by atoms with Crippen LogP contribution in [0.15, 0.2) is 48.7 Å². The molecule has 1 aromatic heterocycles. The normalized spacial score (nSPS) is 18.8. The Kier molecular flexibility index (Phi) is 6.09. The van der Waals surface area contributed by atoms with Crippen LogP contribution in [0.4, 0.5) is 0 Å². The molecule has 22 heavy (non-hydrogen) atoms. The van der Waals surface area contributed by atoms with Crippen molar-refractivity contribution in [1.29, 1.82) is 0 Å². The molecule has 1 N–H and O–H groups in total. The van der Waals surface area contributed by atoms with Gasteiger partial charge in [-0.2, -0.15) is 0 Å². The van der Waals surface area contributed by atoms with Crippen molar-refractivity contribution < 1.29 is 16.1 Å². The monoisotopic (exact) mass is 372 g/mol. The molecule has 0 spiro atoms. The predicted octanol–water partition coefficient (Wildman–Crippen LogP) is 5.06. The molecule has 0 fully saturated rings. The summed E-state index contributed by atoms with van der Waals surface area (Å²) in [5, 5.41) is 0. The van der Waals surface area contributed by atoms with Gasteiger partial charge in [-0.25, -0.2) is 0 Å². The van der Waals surface area contributed by atoms with E-state index in [4.69, 9.17) is 4.82 Å². The molecule has 1 nitrogen and oxygen atoms in total. The summed E-state index contributed by atoms with van der Waals surface area (Å²) in [5.41, 5.74) is 2.83. The molecule has 0 amide bonds. The summed E-state index contributed by atoms with van der Waals surface area (Å²) < 4.78 is 2.12. The van der Waals surface area contributed by atoms with Gasteiger partial charge in [-0.05, 0) is 0 Å². The number of hydrogen-bond acceptors (Lipinski definition) is 0. The Morgan fingerprint density at radius 3 is 2.32 bits per heavy atom. The van der Waals surface area contributed by atoms with E-state index in [0.717, 1.165) is 0 Å². The first kappa shape index (κ1) is 19.5. The number of H-pyrrole nitrogens is 1. The third kappa shape index (κ3) is 2.92. The molecule has 119 valence electrons. The topological polar surface area (TPSA) is 15.8 Å². The molecular formula is C18H24Cl2NTi. The second-order valence-electron chi connectivity index (χ2n) is 6.77. The number of fused-ring (bicyclic) bond motifs is 1. The molecule has 2 aromatic rings. The summed E-state index contributed by atoms with van der Waals surface area (Å²) in [7, 11) is 0. The van der Waals surface area contributed by atoms with Crippen molar-refractivity contribution in [2.75, 3.05) is 0 Å². The first-order chi connectivity index (χ1) is 9.44. The van der Waals surface area contributed by atoms with Crippen molar-refractivity contribution in [3.63, 3.8) is 0 Å². The van der Waals surface area contributed by atoms with Gasteiger partial charge in [-0.15, -0.1) is 24.8 Å². The molecule has 2 unspecified atom stereocenters. The molecule has 1 aliphatic carbocycles. The number of nitrogens with one attached hydrogen (secondary N) is 1. The van der Waals surface area contributed by atoms with Gasteiger partial charge in [0, 0.05) is 0 Å². The number of rotatable bonds is 2. The van der Waals surface area contributed by atoms with Crippen LogP contribution in [0, 0.1) is 0 Å². The minimum atomic E-state index is -2.61. The number of aromatic nitrogens is 1. The van der Waals surface area contributed by atoms with Crippen molar-refractivity contribution in [1.82, 2.24) is 4.98 Å². The maximum atomic E-state index is 4.87. The summed E-state index contributed by atoms with van der Waals surface area (Å²) in [6, 6.07) is 13.1. The van der Waals surface area contributed by atoms with Gasteiger partial charge < -0.3 is 0 Å². The van der Waals surface area contributed by atoms with Gasteiger partial charge in [0.2, 0.25) is 0 Å². The quantitative estimate of drug-likeness (QED) is 0.709. The van der Waals surface area contributed by atoms with Gasteiger partial charge in [0.05, 0.1) is 0 Å². The van der Waals surface area contributed by atoms with Crippen LogP contribution < -0.4 is 4.00 Å². The standard InChI is InChI=1S/C9H7.C4H4N.C4H9.CH2.2ClH.Ti/c1-2-5-9-7-3-6-8(9)4-1;1-2-4-5-3-1;1-4(2)3;;;;/h1-7H;1-3,5H;1-3H3;1H2;2*1H;. The Morgan fingerprint density at radius 1 is 1.05 bits per heavy atom. The first-order valence-corrected chi connectivity index (χ1v) is 10.8. The fourth-order valence-electron chi connectivity index (χ4n) is 3.33. The molecule has 0 aliphatic heterocycles. The molecule has 0 bridgehead atoms. The fraction of sp³-hybridized carbons (Fsp3) is 0.278. The summed E-state index contributed by atoms with van der Waals surface area (Å²) >= 11 is -2.61. The van der Waals surface area contributed by atoms with Crippen LogP contribution in [0.1, 0.15) is 36.1 Å². The average Bonchev–Trinajstić information content (AvgIpc) is 3.06. The zero-order chi connectivity index (χ0) is 14.4.